The Labute approximate surface area is 132 Å². The molecule has 0 aliphatic heterocycles. The van der Waals surface area contributed by atoms with Crippen LogP contribution in [0.4, 0.5) is 0 Å². The number of rotatable bonds is 5. The molecule has 2 N–H and O–H groups in total. The number of furan rings is 1. The lowest BCUT2D eigenvalue weighted by Gasteiger charge is -2.00. The summed E-state index contributed by atoms with van der Waals surface area (Å²) in [5.41, 5.74) is 6.41. The highest BCUT2D eigenvalue weighted by molar-refractivity contribution is 5.97. The molecule has 7 heteroatoms. The van der Waals surface area contributed by atoms with E-state index in [-0.39, 0.29) is 11.6 Å². The summed E-state index contributed by atoms with van der Waals surface area (Å²) in [6.07, 6.45) is 3.46. The topological polar surface area (TPSA) is 95.6 Å². The molecule has 0 aliphatic rings. The first-order chi connectivity index (χ1) is 11.2. The fourth-order valence-corrected chi connectivity index (χ4v) is 1.92. The van der Waals surface area contributed by atoms with Gasteiger partial charge in [-0.05, 0) is 18.2 Å². The number of hydrogen-bond donors (Lipinski definition) is 1. The van der Waals surface area contributed by atoms with E-state index in [1.165, 1.54) is 6.07 Å². The second kappa shape index (κ2) is 6.61. The molecule has 0 spiro atoms. The van der Waals surface area contributed by atoms with E-state index in [0.717, 1.165) is 0 Å². The molecule has 3 rings (SSSR count). The van der Waals surface area contributed by atoms with Gasteiger partial charge in [-0.3, -0.25) is 4.68 Å². The number of carbonyl (C=O) groups is 1. The molecule has 0 saturated heterocycles. The first kappa shape index (κ1) is 14.6. The van der Waals surface area contributed by atoms with Gasteiger partial charge in [-0.2, -0.15) is 5.10 Å². The van der Waals surface area contributed by atoms with Crippen LogP contribution in [-0.4, -0.2) is 21.6 Å². The van der Waals surface area contributed by atoms with Crippen LogP contribution < -0.4 is 5.73 Å². The fourth-order valence-electron chi connectivity index (χ4n) is 1.92. The Kier molecular flexibility index (Phi) is 4.19. The molecule has 0 amide bonds. The summed E-state index contributed by atoms with van der Waals surface area (Å²) in [5.74, 6) is 0.0373. The van der Waals surface area contributed by atoms with Crippen molar-refractivity contribution in [1.29, 1.82) is 0 Å². The standard InChI is InChI=1S/C16H14N4O3/c17-15(12-5-2-1-3-6-12)19-23-16(21)14-8-7-13(22-14)11-20-10-4-9-18-20/h1-10H,11H2,(H2,17,19). The highest BCUT2D eigenvalue weighted by Crippen LogP contribution is 2.11. The van der Waals surface area contributed by atoms with E-state index in [1.54, 1.807) is 41.3 Å². The van der Waals surface area contributed by atoms with E-state index in [9.17, 15) is 4.79 Å². The minimum absolute atomic E-state index is 0.0526. The molecule has 23 heavy (non-hydrogen) atoms. The molecule has 2 aromatic heterocycles. The Bertz CT molecular complexity index is 807. The van der Waals surface area contributed by atoms with Crippen LogP contribution in [0.3, 0.4) is 0 Å². The smallest absolute Gasteiger partial charge is 0.400 e. The number of amidine groups is 1. The van der Waals surface area contributed by atoms with Gasteiger partial charge in [0.25, 0.3) is 0 Å². The van der Waals surface area contributed by atoms with Crippen molar-refractivity contribution in [2.24, 2.45) is 10.9 Å². The summed E-state index contributed by atoms with van der Waals surface area (Å²) in [4.78, 5) is 16.7. The van der Waals surface area contributed by atoms with E-state index in [2.05, 4.69) is 10.3 Å². The third-order valence-electron chi connectivity index (χ3n) is 3.04. The van der Waals surface area contributed by atoms with Gasteiger partial charge in [0.15, 0.2) is 5.84 Å². The van der Waals surface area contributed by atoms with Crippen LogP contribution >= 0.6 is 0 Å². The van der Waals surface area contributed by atoms with Crippen molar-refractivity contribution in [1.82, 2.24) is 9.78 Å². The molecule has 2 heterocycles. The molecule has 3 aromatic rings. The number of nitrogens with zero attached hydrogens (tertiary/aromatic N) is 3. The number of benzene rings is 1. The molecule has 0 atom stereocenters. The third-order valence-corrected chi connectivity index (χ3v) is 3.04. The molecule has 1 aromatic carbocycles. The van der Waals surface area contributed by atoms with Crippen molar-refractivity contribution < 1.29 is 14.0 Å². The van der Waals surface area contributed by atoms with Crippen LogP contribution in [-0.2, 0) is 11.4 Å². The molecule has 0 fully saturated rings. The maximum atomic E-state index is 11.9. The highest BCUT2D eigenvalue weighted by atomic mass is 16.7. The van der Waals surface area contributed by atoms with Gasteiger partial charge in [0.1, 0.15) is 5.76 Å². The minimum Gasteiger partial charge on any atom is -0.452 e. The second-order valence-corrected chi connectivity index (χ2v) is 4.69. The SMILES string of the molecule is N/C(=N\OC(=O)c1ccc(Cn2cccn2)o1)c1ccccc1. The summed E-state index contributed by atoms with van der Waals surface area (Å²) in [7, 11) is 0. The summed E-state index contributed by atoms with van der Waals surface area (Å²) in [5, 5.41) is 7.68. The maximum absolute atomic E-state index is 11.9. The molecule has 0 bridgehead atoms. The molecule has 0 radical (unpaired) electrons. The lowest BCUT2D eigenvalue weighted by atomic mass is 10.2. The van der Waals surface area contributed by atoms with Gasteiger partial charge >= 0.3 is 5.97 Å². The Morgan fingerprint density at radius 2 is 2.04 bits per heavy atom. The van der Waals surface area contributed by atoms with Crippen molar-refractivity contribution in [3.8, 4) is 0 Å². The summed E-state index contributed by atoms with van der Waals surface area (Å²) < 4.78 is 7.09. The van der Waals surface area contributed by atoms with E-state index >= 15 is 0 Å². The molecule has 0 unspecified atom stereocenters. The van der Waals surface area contributed by atoms with Crippen molar-refractivity contribution >= 4 is 11.8 Å². The molecule has 0 aliphatic carbocycles. The second-order valence-electron chi connectivity index (χ2n) is 4.69. The Morgan fingerprint density at radius 1 is 1.22 bits per heavy atom. The largest absolute Gasteiger partial charge is 0.452 e. The highest BCUT2D eigenvalue weighted by Gasteiger charge is 2.14. The van der Waals surface area contributed by atoms with Gasteiger partial charge in [0.2, 0.25) is 5.76 Å². The first-order valence-corrected chi connectivity index (χ1v) is 6.89. The molecule has 0 saturated carbocycles. The summed E-state index contributed by atoms with van der Waals surface area (Å²) >= 11 is 0. The molecule has 7 nitrogen and oxygen atoms in total. The van der Waals surface area contributed by atoms with Gasteiger partial charge in [-0.15, -0.1) is 0 Å². The van der Waals surface area contributed by atoms with Crippen LogP contribution in [0.1, 0.15) is 21.9 Å². The van der Waals surface area contributed by atoms with Gasteiger partial charge in [-0.1, -0.05) is 35.5 Å². The van der Waals surface area contributed by atoms with Crippen molar-refractivity contribution in [3.05, 3.63) is 78.0 Å². The van der Waals surface area contributed by atoms with Gasteiger partial charge < -0.3 is 15.0 Å². The lowest BCUT2D eigenvalue weighted by Crippen LogP contribution is -2.15. The average molecular weight is 310 g/mol. The van der Waals surface area contributed by atoms with Crippen LogP contribution in [0, 0.1) is 0 Å². The van der Waals surface area contributed by atoms with Crippen molar-refractivity contribution in [2.75, 3.05) is 0 Å². The van der Waals surface area contributed by atoms with E-state index in [1.807, 2.05) is 18.2 Å². The number of hydrogen-bond acceptors (Lipinski definition) is 5. The monoisotopic (exact) mass is 310 g/mol. The molecule has 116 valence electrons. The van der Waals surface area contributed by atoms with Gasteiger partial charge in [-0.25, -0.2) is 4.79 Å². The lowest BCUT2D eigenvalue weighted by molar-refractivity contribution is 0.0477. The Balaban J connectivity index is 1.63. The molecular formula is C16H14N4O3. The quantitative estimate of drug-likeness (QED) is 0.336. The number of nitrogens with two attached hydrogens (primary N) is 1. The zero-order valence-corrected chi connectivity index (χ0v) is 12.1. The predicted octanol–water partition coefficient (Wildman–Crippen LogP) is 2.00. The van der Waals surface area contributed by atoms with Gasteiger partial charge in [0.05, 0.1) is 6.54 Å². The Hall–Kier alpha value is -3.35. The summed E-state index contributed by atoms with van der Waals surface area (Å²) in [6, 6.07) is 14.0. The first-order valence-electron chi connectivity index (χ1n) is 6.89. The predicted molar refractivity (Wildman–Crippen MR) is 82.6 cm³/mol. The minimum atomic E-state index is -0.712. The van der Waals surface area contributed by atoms with Gasteiger partial charge in [0, 0.05) is 18.0 Å². The van der Waals surface area contributed by atoms with Crippen molar-refractivity contribution in [2.45, 2.75) is 6.54 Å². The van der Waals surface area contributed by atoms with E-state index < -0.39 is 5.97 Å². The normalized spacial score (nSPS) is 11.4. The average Bonchev–Trinajstić information content (AvgIpc) is 3.25. The van der Waals surface area contributed by atoms with Crippen LogP contribution in [0.25, 0.3) is 0 Å². The van der Waals surface area contributed by atoms with Crippen LogP contribution in [0.5, 0.6) is 0 Å². The van der Waals surface area contributed by atoms with Crippen molar-refractivity contribution in [3.63, 3.8) is 0 Å². The van der Waals surface area contributed by atoms with Crippen LogP contribution in [0.2, 0.25) is 0 Å². The summed E-state index contributed by atoms with van der Waals surface area (Å²) in [6.45, 7) is 0.426. The maximum Gasteiger partial charge on any atom is 0.400 e. The number of aromatic nitrogens is 2. The van der Waals surface area contributed by atoms with E-state index in [4.69, 9.17) is 15.0 Å². The number of carbonyl (C=O) groups excluding carboxylic acids is 1. The molecular weight excluding hydrogens is 296 g/mol. The zero-order valence-electron chi connectivity index (χ0n) is 12.1. The third kappa shape index (κ3) is 3.65. The Morgan fingerprint density at radius 3 is 2.78 bits per heavy atom. The van der Waals surface area contributed by atoms with Crippen LogP contribution in [0.15, 0.2) is 70.5 Å². The fraction of sp³-hybridized carbons (Fsp3) is 0.0625. The number of oxime groups is 1. The zero-order chi connectivity index (χ0) is 16.1. The van der Waals surface area contributed by atoms with E-state index in [0.29, 0.717) is 17.9 Å².